The molecule has 1 saturated heterocycles. The summed E-state index contributed by atoms with van der Waals surface area (Å²) in [6.07, 6.45) is -3.00. The Morgan fingerprint density at radius 2 is 1.90 bits per heavy atom. The van der Waals surface area contributed by atoms with Crippen molar-refractivity contribution >= 4 is 0 Å². The van der Waals surface area contributed by atoms with Gasteiger partial charge in [-0.15, -0.1) is 5.10 Å². The van der Waals surface area contributed by atoms with Gasteiger partial charge in [0.25, 0.3) is 0 Å². The van der Waals surface area contributed by atoms with Crippen LogP contribution in [0.2, 0.25) is 0 Å². The van der Waals surface area contributed by atoms with Gasteiger partial charge in [0.15, 0.2) is 6.23 Å². The van der Waals surface area contributed by atoms with E-state index in [1.807, 2.05) is 24.3 Å². The summed E-state index contributed by atoms with van der Waals surface area (Å²) < 4.78 is 51.3. The highest BCUT2D eigenvalue weighted by Crippen LogP contribution is 2.30. The van der Waals surface area contributed by atoms with Crippen molar-refractivity contribution in [2.24, 2.45) is 0 Å². The fourth-order valence-corrected chi connectivity index (χ4v) is 3.44. The molecule has 0 amide bonds. The lowest BCUT2D eigenvalue weighted by Gasteiger charge is -2.21. The van der Waals surface area contributed by atoms with Crippen LogP contribution < -0.4 is 4.74 Å². The van der Waals surface area contributed by atoms with Gasteiger partial charge in [-0.1, -0.05) is 29.5 Å². The van der Waals surface area contributed by atoms with Crippen molar-refractivity contribution < 1.29 is 22.6 Å². The monoisotopic (exact) mass is 418 g/mol. The van der Waals surface area contributed by atoms with E-state index >= 15 is 0 Å². The Balaban J connectivity index is 1.45. The standard InChI is InChI=1S/C21H21F3N4O2/c1-29-18-7-5-15(6-8-18)12-27-9-10-30-20(27)19-14-28(26-25-19)13-16-3-2-4-17(11-16)21(22,23)24/h2-8,11,14,20H,9-10,12-13H2,1H3. The number of nitrogens with zero attached hydrogens (tertiary/aromatic N) is 4. The average Bonchev–Trinajstić information content (AvgIpc) is 3.37. The number of ether oxygens (including phenoxy) is 2. The lowest BCUT2D eigenvalue weighted by atomic mass is 10.1. The zero-order valence-corrected chi connectivity index (χ0v) is 16.3. The summed E-state index contributed by atoms with van der Waals surface area (Å²) in [7, 11) is 1.63. The third-order valence-electron chi connectivity index (χ3n) is 4.94. The van der Waals surface area contributed by atoms with E-state index in [9.17, 15) is 13.2 Å². The van der Waals surface area contributed by atoms with Crippen LogP contribution >= 0.6 is 0 Å². The summed E-state index contributed by atoms with van der Waals surface area (Å²) in [5, 5.41) is 8.26. The molecule has 9 heteroatoms. The number of methoxy groups -OCH3 is 1. The normalized spacial score (nSPS) is 17.4. The molecular weight excluding hydrogens is 397 g/mol. The van der Waals surface area contributed by atoms with E-state index in [-0.39, 0.29) is 12.8 Å². The van der Waals surface area contributed by atoms with E-state index < -0.39 is 11.7 Å². The van der Waals surface area contributed by atoms with Crippen LogP contribution in [0.25, 0.3) is 0 Å². The Morgan fingerprint density at radius 3 is 2.63 bits per heavy atom. The average molecular weight is 418 g/mol. The molecule has 1 unspecified atom stereocenters. The van der Waals surface area contributed by atoms with Gasteiger partial charge >= 0.3 is 6.18 Å². The molecule has 0 N–H and O–H groups in total. The lowest BCUT2D eigenvalue weighted by molar-refractivity contribution is -0.137. The Kier molecular flexibility index (Phi) is 5.74. The number of rotatable bonds is 6. The molecule has 3 aromatic rings. The van der Waals surface area contributed by atoms with E-state index in [2.05, 4.69) is 15.2 Å². The molecule has 158 valence electrons. The van der Waals surface area contributed by atoms with Gasteiger partial charge in [-0.25, -0.2) is 4.68 Å². The molecule has 0 saturated carbocycles. The zero-order valence-electron chi connectivity index (χ0n) is 16.3. The molecule has 6 nitrogen and oxygen atoms in total. The molecule has 1 aromatic heterocycles. The molecule has 0 radical (unpaired) electrons. The fraction of sp³-hybridized carbons (Fsp3) is 0.333. The van der Waals surface area contributed by atoms with E-state index in [4.69, 9.17) is 9.47 Å². The summed E-state index contributed by atoms with van der Waals surface area (Å²) in [6, 6.07) is 13.0. The number of hydrogen-bond donors (Lipinski definition) is 0. The third kappa shape index (κ3) is 4.63. The lowest BCUT2D eigenvalue weighted by Crippen LogP contribution is -2.23. The maximum absolute atomic E-state index is 12.9. The van der Waals surface area contributed by atoms with Crippen LogP contribution in [0.4, 0.5) is 13.2 Å². The van der Waals surface area contributed by atoms with Gasteiger partial charge in [-0.2, -0.15) is 13.2 Å². The molecular formula is C21H21F3N4O2. The van der Waals surface area contributed by atoms with Crippen molar-refractivity contribution in [1.29, 1.82) is 0 Å². The van der Waals surface area contributed by atoms with Gasteiger partial charge in [0.05, 0.1) is 32.0 Å². The van der Waals surface area contributed by atoms with Crippen LogP contribution in [-0.2, 0) is 24.0 Å². The second-order valence-corrected chi connectivity index (χ2v) is 7.08. The molecule has 1 fully saturated rings. The Labute approximate surface area is 171 Å². The van der Waals surface area contributed by atoms with Crippen molar-refractivity contribution in [3.8, 4) is 5.75 Å². The second kappa shape index (κ2) is 8.45. The first-order valence-electron chi connectivity index (χ1n) is 9.47. The van der Waals surface area contributed by atoms with Gasteiger partial charge in [0.1, 0.15) is 11.4 Å². The van der Waals surface area contributed by atoms with E-state index in [0.717, 1.165) is 30.0 Å². The van der Waals surface area contributed by atoms with E-state index in [0.29, 0.717) is 24.4 Å². The highest BCUT2D eigenvalue weighted by molar-refractivity contribution is 5.27. The zero-order chi connectivity index (χ0) is 21.1. The maximum Gasteiger partial charge on any atom is 0.416 e. The molecule has 30 heavy (non-hydrogen) atoms. The molecule has 1 aliphatic heterocycles. The summed E-state index contributed by atoms with van der Waals surface area (Å²) in [6.45, 7) is 2.19. The van der Waals surface area contributed by atoms with Gasteiger partial charge in [0.2, 0.25) is 0 Å². The number of benzene rings is 2. The molecule has 2 aromatic carbocycles. The number of hydrogen-bond acceptors (Lipinski definition) is 5. The predicted molar refractivity (Wildman–Crippen MR) is 103 cm³/mol. The van der Waals surface area contributed by atoms with Crippen LogP contribution in [0, 0.1) is 0 Å². The van der Waals surface area contributed by atoms with Crippen LogP contribution in [0.5, 0.6) is 5.75 Å². The first-order chi connectivity index (χ1) is 14.4. The highest BCUT2D eigenvalue weighted by atomic mass is 19.4. The van der Waals surface area contributed by atoms with Crippen LogP contribution in [0.1, 0.15) is 28.6 Å². The molecule has 0 spiro atoms. The predicted octanol–water partition coefficient (Wildman–Crippen LogP) is 3.88. The van der Waals surface area contributed by atoms with Gasteiger partial charge in [-0.3, -0.25) is 4.90 Å². The van der Waals surface area contributed by atoms with E-state index in [1.54, 1.807) is 19.4 Å². The van der Waals surface area contributed by atoms with Crippen LogP contribution in [-0.4, -0.2) is 40.2 Å². The molecule has 1 atom stereocenters. The van der Waals surface area contributed by atoms with E-state index in [1.165, 1.54) is 10.7 Å². The quantitative estimate of drug-likeness (QED) is 0.608. The largest absolute Gasteiger partial charge is 0.497 e. The Morgan fingerprint density at radius 1 is 1.10 bits per heavy atom. The second-order valence-electron chi connectivity index (χ2n) is 7.08. The van der Waals surface area contributed by atoms with Crippen LogP contribution in [0.15, 0.2) is 54.7 Å². The summed E-state index contributed by atoms with van der Waals surface area (Å²) in [5.41, 5.74) is 1.57. The van der Waals surface area contributed by atoms with Crippen molar-refractivity contribution in [2.75, 3.05) is 20.3 Å². The number of alkyl halides is 3. The number of aromatic nitrogens is 3. The van der Waals surface area contributed by atoms with Crippen LogP contribution in [0.3, 0.4) is 0 Å². The smallest absolute Gasteiger partial charge is 0.416 e. The minimum atomic E-state index is -4.37. The fourth-order valence-electron chi connectivity index (χ4n) is 3.44. The molecule has 0 aliphatic carbocycles. The highest BCUT2D eigenvalue weighted by Gasteiger charge is 2.31. The molecule has 0 bridgehead atoms. The summed E-state index contributed by atoms with van der Waals surface area (Å²) in [4.78, 5) is 2.14. The minimum absolute atomic E-state index is 0.197. The SMILES string of the molecule is COc1ccc(CN2CCOC2c2cn(Cc3cccc(C(F)(F)F)c3)nn2)cc1. The van der Waals surface area contributed by atoms with Crippen molar-refractivity contribution in [2.45, 2.75) is 25.5 Å². The Hall–Kier alpha value is -2.91. The first kappa shape index (κ1) is 20.4. The molecule has 2 heterocycles. The topological polar surface area (TPSA) is 52.4 Å². The van der Waals surface area contributed by atoms with Gasteiger partial charge in [-0.05, 0) is 35.4 Å². The third-order valence-corrected chi connectivity index (χ3v) is 4.94. The molecule has 4 rings (SSSR count). The Bertz CT molecular complexity index is 988. The summed E-state index contributed by atoms with van der Waals surface area (Å²) in [5.74, 6) is 0.797. The summed E-state index contributed by atoms with van der Waals surface area (Å²) >= 11 is 0. The van der Waals surface area contributed by atoms with Crippen molar-refractivity contribution in [3.63, 3.8) is 0 Å². The minimum Gasteiger partial charge on any atom is -0.497 e. The maximum atomic E-state index is 12.9. The van der Waals surface area contributed by atoms with Gasteiger partial charge < -0.3 is 9.47 Å². The molecule has 1 aliphatic rings. The van der Waals surface area contributed by atoms with Gasteiger partial charge in [0, 0.05) is 13.1 Å². The van der Waals surface area contributed by atoms with Crippen molar-refractivity contribution in [1.82, 2.24) is 19.9 Å². The number of halogens is 3. The van der Waals surface area contributed by atoms with Crippen molar-refractivity contribution in [3.05, 3.63) is 77.1 Å². The first-order valence-corrected chi connectivity index (χ1v) is 9.47.